The number of rotatable bonds is 8. The zero-order valence-corrected chi connectivity index (χ0v) is 15.1. The maximum atomic E-state index is 12.9. The van der Waals surface area contributed by atoms with Crippen LogP contribution in [-0.2, 0) is 21.2 Å². The molecule has 8 nitrogen and oxygen atoms in total. The number of hydrogen-bond donors (Lipinski definition) is 2. The van der Waals surface area contributed by atoms with Crippen molar-refractivity contribution in [2.75, 3.05) is 13.1 Å². The average molecular weight is 391 g/mol. The van der Waals surface area contributed by atoms with E-state index in [1.165, 1.54) is 12.1 Å². The smallest absolute Gasteiger partial charge is 0.240 e. The fraction of sp³-hybridized carbons (Fsp3) is 0.235. The summed E-state index contributed by atoms with van der Waals surface area (Å²) in [5.74, 6) is -0.0812. The Morgan fingerprint density at radius 1 is 1.07 bits per heavy atom. The number of carbonyl (C=O) groups excluding carboxylic acids is 1. The SMILES string of the molecule is O=C(CCNS(=O)(=O)c1ccc(F)cc1)NCCc1nnc2ccccn12. The summed E-state index contributed by atoms with van der Waals surface area (Å²) in [6, 6.07) is 10.0. The first-order chi connectivity index (χ1) is 13.0. The van der Waals surface area contributed by atoms with E-state index in [1.54, 1.807) is 0 Å². The van der Waals surface area contributed by atoms with Gasteiger partial charge in [-0.05, 0) is 36.4 Å². The third-order valence-corrected chi connectivity index (χ3v) is 5.30. The first-order valence-corrected chi connectivity index (χ1v) is 9.74. The van der Waals surface area contributed by atoms with Crippen LogP contribution in [0.2, 0.25) is 0 Å². The fourth-order valence-corrected chi connectivity index (χ4v) is 3.49. The first-order valence-electron chi connectivity index (χ1n) is 8.26. The van der Waals surface area contributed by atoms with Gasteiger partial charge in [0.05, 0.1) is 4.90 Å². The van der Waals surface area contributed by atoms with Crippen molar-refractivity contribution in [3.63, 3.8) is 0 Å². The molecule has 142 valence electrons. The average Bonchev–Trinajstić information content (AvgIpc) is 3.05. The topological polar surface area (TPSA) is 105 Å². The Morgan fingerprint density at radius 3 is 2.63 bits per heavy atom. The van der Waals surface area contributed by atoms with Gasteiger partial charge in [-0.15, -0.1) is 10.2 Å². The molecule has 2 N–H and O–H groups in total. The van der Waals surface area contributed by atoms with E-state index in [4.69, 9.17) is 0 Å². The molecular weight excluding hydrogens is 373 g/mol. The molecule has 27 heavy (non-hydrogen) atoms. The number of benzene rings is 1. The van der Waals surface area contributed by atoms with E-state index < -0.39 is 15.8 Å². The number of amides is 1. The van der Waals surface area contributed by atoms with Gasteiger partial charge in [0.2, 0.25) is 15.9 Å². The van der Waals surface area contributed by atoms with Crippen molar-refractivity contribution >= 4 is 21.6 Å². The number of carbonyl (C=O) groups is 1. The quantitative estimate of drug-likeness (QED) is 0.593. The summed E-state index contributed by atoms with van der Waals surface area (Å²) in [7, 11) is -3.77. The molecule has 1 amide bonds. The van der Waals surface area contributed by atoms with Gasteiger partial charge in [-0.2, -0.15) is 0 Å². The standard InChI is InChI=1S/C17H18FN5O3S/c18-13-4-6-14(7-5-13)27(25,26)20-11-9-17(24)19-10-8-16-22-21-15-3-1-2-12-23(15)16/h1-7,12,20H,8-11H2,(H,19,24). The van der Waals surface area contributed by atoms with Crippen LogP contribution in [0, 0.1) is 5.82 Å². The third kappa shape index (κ3) is 4.86. The number of aromatic nitrogens is 3. The number of hydrogen-bond acceptors (Lipinski definition) is 5. The summed E-state index contributed by atoms with van der Waals surface area (Å²) in [6.07, 6.45) is 2.33. The Labute approximate surface area is 155 Å². The van der Waals surface area contributed by atoms with E-state index in [-0.39, 0.29) is 23.8 Å². The number of pyridine rings is 1. The molecule has 0 aliphatic carbocycles. The maximum Gasteiger partial charge on any atom is 0.240 e. The van der Waals surface area contributed by atoms with Gasteiger partial charge >= 0.3 is 0 Å². The van der Waals surface area contributed by atoms with Crippen LogP contribution in [0.15, 0.2) is 53.6 Å². The minimum Gasteiger partial charge on any atom is -0.356 e. The molecule has 2 heterocycles. The summed E-state index contributed by atoms with van der Waals surface area (Å²) < 4.78 is 41.1. The fourth-order valence-electron chi connectivity index (χ4n) is 2.46. The van der Waals surface area contributed by atoms with Crippen molar-refractivity contribution in [2.45, 2.75) is 17.7 Å². The van der Waals surface area contributed by atoms with Crippen LogP contribution in [0.25, 0.3) is 5.65 Å². The summed E-state index contributed by atoms with van der Waals surface area (Å²) >= 11 is 0. The number of halogens is 1. The highest BCUT2D eigenvalue weighted by molar-refractivity contribution is 7.89. The zero-order valence-electron chi connectivity index (χ0n) is 14.3. The summed E-state index contributed by atoms with van der Waals surface area (Å²) in [6.45, 7) is 0.304. The molecule has 0 saturated heterocycles. The van der Waals surface area contributed by atoms with Gasteiger partial charge in [0.1, 0.15) is 11.6 Å². The molecular formula is C17H18FN5O3S. The molecule has 0 bridgehead atoms. The minimum atomic E-state index is -3.77. The first kappa shape index (κ1) is 18.9. The van der Waals surface area contributed by atoms with Crippen molar-refractivity contribution in [1.82, 2.24) is 24.6 Å². The van der Waals surface area contributed by atoms with Gasteiger partial charge in [-0.3, -0.25) is 9.20 Å². The van der Waals surface area contributed by atoms with Gasteiger partial charge in [-0.25, -0.2) is 17.5 Å². The van der Waals surface area contributed by atoms with E-state index in [9.17, 15) is 17.6 Å². The molecule has 3 rings (SSSR count). The van der Waals surface area contributed by atoms with Crippen molar-refractivity contribution < 1.29 is 17.6 Å². The molecule has 0 radical (unpaired) electrons. The molecule has 0 saturated carbocycles. The number of nitrogens with zero attached hydrogens (tertiary/aromatic N) is 3. The van der Waals surface area contributed by atoms with Crippen LogP contribution >= 0.6 is 0 Å². The van der Waals surface area contributed by atoms with E-state index in [0.29, 0.717) is 13.0 Å². The predicted octanol–water partition coefficient (Wildman–Crippen LogP) is 0.896. The van der Waals surface area contributed by atoms with Crippen molar-refractivity contribution in [3.05, 3.63) is 60.3 Å². The van der Waals surface area contributed by atoms with Gasteiger partial charge in [0.25, 0.3) is 0 Å². The third-order valence-electron chi connectivity index (χ3n) is 3.82. The lowest BCUT2D eigenvalue weighted by Crippen LogP contribution is -2.31. The summed E-state index contributed by atoms with van der Waals surface area (Å²) in [4.78, 5) is 11.8. The Kier molecular flexibility index (Phi) is 5.77. The normalized spacial score (nSPS) is 11.6. The lowest BCUT2D eigenvalue weighted by atomic mass is 10.3. The van der Waals surface area contributed by atoms with Crippen LogP contribution < -0.4 is 10.0 Å². The molecule has 10 heteroatoms. The van der Waals surface area contributed by atoms with Gasteiger partial charge in [0, 0.05) is 32.1 Å². The van der Waals surface area contributed by atoms with Crippen LogP contribution in [0.1, 0.15) is 12.2 Å². The summed E-state index contributed by atoms with van der Waals surface area (Å²) in [5, 5.41) is 10.8. The Morgan fingerprint density at radius 2 is 1.85 bits per heavy atom. The number of fused-ring (bicyclic) bond motifs is 1. The Hall–Kier alpha value is -2.85. The number of sulfonamides is 1. The summed E-state index contributed by atoms with van der Waals surface area (Å²) in [5.41, 5.74) is 0.731. The van der Waals surface area contributed by atoms with E-state index >= 15 is 0 Å². The maximum absolute atomic E-state index is 12.9. The second-order valence-corrected chi connectivity index (χ2v) is 7.51. The monoisotopic (exact) mass is 391 g/mol. The zero-order chi connectivity index (χ0) is 19.3. The lowest BCUT2D eigenvalue weighted by Gasteiger charge is -2.07. The Bertz CT molecular complexity index is 1030. The van der Waals surface area contributed by atoms with Gasteiger partial charge in [0.15, 0.2) is 5.65 Å². The van der Waals surface area contributed by atoms with Gasteiger partial charge in [-0.1, -0.05) is 6.07 Å². The second kappa shape index (κ2) is 8.23. The molecule has 2 aromatic heterocycles. The second-order valence-electron chi connectivity index (χ2n) is 5.75. The highest BCUT2D eigenvalue weighted by atomic mass is 32.2. The van der Waals surface area contributed by atoms with E-state index in [0.717, 1.165) is 23.6 Å². The van der Waals surface area contributed by atoms with Crippen LogP contribution in [0.3, 0.4) is 0 Å². The van der Waals surface area contributed by atoms with Crippen molar-refractivity contribution in [1.29, 1.82) is 0 Å². The highest BCUT2D eigenvalue weighted by Crippen LogP contribution is 2.09. The number of nitrogens with one attached hydrogen (secondary N) is 2. The molecule has 0 aliphatic heterocycles. The lowest BCUT2D eigenvalue weighted by molar-refractivity contribution is -0.120. The molecule has 0 aliphatic rings. The minimum absolute atomic E-state index is 0.0129. The molecule has 3 aromatic rings. The largest absolute Gasteiger partial charge is 0.356 e. The molecule has 0 fully saturated rings. The molecule has 0 atom stereocenters. The van der Waals surface area contributed by atoms with Crippen LogP contribution in [0.4, 0.5) is 4.39 Å². The highest BCUT2D eigenvalue weighted by Gasteiger charge is 2.14. The van der Waals surface area contributed by atoms with Crippen molar-refractivity contribution in [2.24, 2.45) is 0 Å². The molecule has 0 spiro atoms. The van der Waals surface area contributed by atoms with E-state index in [2.05, 4.69) is 20.2 Å². The Balaban J connectivity index is 1.42. The molecule has 1 aromatic carbocycles. The van der Waals surface area contributed by atoms with E-state index in [1.807, 2.05) is 28.8 Å². The molecule has 0 unspecified atom stereocenters. The van der Waals surface area contributed by atoms with Crippen LogP contribution in [-0.4, -0.2) is 42.0 Å². The van der Waals surface area contributed by atoms with Crippen LogP contribution in [0.5, 0.6) is 0 Å². The van der Waals surface area contributed by atoms with Crippen molar-refractivity contribution in [3.8, 4) is 0 Å². The van der Waals surface area contributed by atoms with Gasteiger partial charge < -0.3 is 5.32 Å². The predicted molar refractivity (Wildman–Crippen MR) is 95.9 cm³/mol.